The van der Waals surface area contributed by atoms with Crippen LogP contribution in [0.1, 0.15) is 39.2 Å². The fourth-order valence-corrected chi connectivity index (χ4v) is 1.91. The molecule has 23 heavy (non-hydrogen) atoms. The van der Waals surface area contributed by atoms with E-state index in [0.29, 0.717) is 12.8 Å². The molecule has 0 aromatic heterocycles. The van der Waals surface area contributed by atoms with Gasteiger partial charge in [0.25, 0.3) is 0 Å². The molecule has 126 valence electrons. The van der Waals surface area contributed by atoms with Crippen molar-refractivity contribution in [2.24, 2.45) is 0 Å². The lowest BCUT2D eigenvalue weighted by Gasteiger charge is -2.27. The van der Waals surface area contributed by atoms with Gasteiger partial charge in [-0.05, 0) is 39.2 Å². The molecule has 0 aliphatic heterocycles. The Morgan fingerprint density at radius 3 is 2.30 bits per heavy atom. The number of benzene rings is 1. The average molecular weight is 321 g/mol. The molecule has 1 aliphatic carbocycles. The quantitative estimate of drug-likeness (QED) is 0.922. The number of aliphatic hydroxyl groups is 1. The Balaban J connectivity index is 2.00. The number of nitrogens with zero attached hydrogens (tertiary/aromatic N) is 1. The minimum absolute atomic E-state index is 0.0530. The highest BCUT2D eigenvalue weighted by molar-refractivity contribution is 5.88. The molecule has 1 fully saturated rings. The molecule has 6 nitrogen and oxygen atoms in total. The summed E-state index contributed by atoms with van der Waals surface area (Å²) in [7, 11) is 0. The second-order valence-electron chi connectivity index (χ2n) is 6.83. The molecule has 0 heterocycles. The summed E-state index contributed by atoms with van der Waals surface area (Å²) in [6.45, 7) is 5.07. The second kappa shape index (κ2) is 6.58. The largest absolute Gasteiger partial charge is 0.444 e. The van der Waals surface area contributed by atoms with Crippen molar-refractivity contribution in [1.29, 1.82) is 0 Å². The lowest BCUT2D eigenvalue weighted by Crippen LogP contribution is -2.45. The third kappa shape index (κ3) is 5.56. The fraction of sp³-hybridized carbons (Fsp3) is 0.529. The standard InChI is InChI=1S/C17H23NO5/c1-16(2,3)23-15(20)18(12-17(21)9-10-17)14(19)22-11-13-7-5-4-6-8-13/h4-8,21H,9-12H2,1-3H3. The number of imide groups is 1. The number of rotatable bonds is 4. The van der Waals surface area contributed by atoms with Crippen LogP contribution in [-0.2, 0) is 16.1 Å². The third-order valence-electron chi connectivity index (χ3n) is 3.32. The zero-order chi connectivity index (χ0) is 17.1. The van der Waals surface area contributed by atoms with Crippen LogP contribution in [0.25, 0.3) is 0 Å². The molecule has 0 atom stereocenters. The average Bonchev–Trinajstić information content (AvgIpc) is 3.19. The van der Waals surface area contributed by atoms with E-state index in [4.69, 9.17) is 9.47 Å². The molecule has 1 aromatic rings. The zero-order valence-corrected chi connectivity index (χ0v) is 13.7. The summed E-state index contributed by atoms with van der Waals surface area (Å²) >= 11 is 0. The van der Waals surface area contributed by atoms with Gasteiger partial charge in [-0.3, -0.25) is 0 Å². The van der Waals surface area contributed by atoms with Crippen LogP contribution in [0.3, 0.4) is 0 Å². The molecule has 2 amide bonds. The van der Waals surface area contributed by atoms with Gasteiger partial charge in [0.05, 0.1) is 12.1 Å². The van der Waals surface area contributed by atoms with E-state index in [1.54, 1.807) is 20.8 Å². The maximum absolute atomic E-state index is 12.2. The maximum atomic E-state index is 12.2. The SMILES string of the molecule is CC(C)(C)OC(=O)N(CC1(O)CC1)C(=O)OCc1ccccc1. The van der Waals surface area contributed by atoms with Crippen LogP contribution in [-0.4, -0.2) is 39.9 Å². The molecule has 1 aromatic carbocycles. The smallest absolute Gasteiger partial charge is 0.419 e. The highest BCUT2D eigenvalue weighted by Crippen LogP contribution is 2.36. The highest BCUT2D eigenvalue weighted by atomic mass is 16.6. The van der Waals surface area contributed by atoms with Crippen LogP contribution in [0.2, 0.25) is 0 Å². The van der Waals surface area contributed by atoms with E-state index >= 15 is 0 Å². The van der Waals surface area contributed by atoms with Gasteiger partial charge in [-0.15, -0.1) is 0 Å². The van der Waals surface area contributed by atoms with Crippen molar-refractivity contribution in [3.63, 3.8) is 0 Å². The lowest BCUT2D eigenvalue weighted by atomic mass is 10.2. The molecule has 2 rings (SSSR count). The lowest BCUT2D eigenvalue weighted by molar-refractivity contribution is 0.00767. The Hall–Kier alpha value is -2.08. The van der Waals surface area contributed by atoms with E-state index in [1.807, 2.05) is 30.3 Å². The van der Waals surface area contributed by atoms with E-state index in [0.717, 1.165) is 10.5 Å². The van der Waals surface area contributed by atoms with Crippen LogP contribution in [0.5, 0.6) is 0 Å². The van der Waals surface area contributed by atoms with E-state index in [9.17, 15) is 14.7 Å². The van der Waals surface area contributed by atoms with E-state index in [2.05, 4.69) is 0 Å². The third-order valence-corrected chi connectivity index (χ3v) is 3.32. The van der Waals surface area contributed by atoms with Crippen molar-refractivity contribution in [1.82, 2.24) is 4.90 Å². The van der Waals surface area contributed by atoms with Gasteiger partial charge in [0.15, 0.2) is 0 Å². The Labute approximate surface area is 136 Å². The molecule has 0 spiro atoms. The first-order valence-corrected chi connectivity index (χ1v) is 7.62. The van der Waals surface area contributed by atoms with Gasteiger partial charge >= 0.3 is 12.2 Å². The summed E-state index contributed by atoms with van der Waals surface area (Å²) in [6.07, 6.45) is -0.518. The summed E-state index contributed by atoms with van der Waals surface area (Å²) in [4.78, 5) is 25.3. The number of carbonyl (C=O) groups excluding carboxylic acids is 2. The van der Waals surface area contributed by atoms with Crippen LogP contribution in [0.4, 0.5) is 9.59 Å². The number of hydrogen-bond acceptors (Lipinski definition) is 5. The van der Waals surface area contributed by atoms with Crippen molar-refractivity contribution in [2.45, 2.75) is 51.4 Å². The van der Waals surface area contributed by atoms with E-state index in [-0.39, 0.29) is 13.2 Å². The van der Waals surface area contributed by atoms with Crippen LogP contribution in [0, 0.1) is 0 Å². The zero-order valence-electron chi connectivity index (χ0n) is 13.7. The first kappa shape index (κ1) is 17.3. The summed E-state index contributed by atoms with van der Waals surface area (Å²) < 4.78 is 10.4. The first-order valence-electron chi connectivity index (χ1n) is 7.62. The first-order chi connectivity index (χ1) is 10.7. The number of amides is 2. The molecule has 0 unspecified atom stereocenters. The Morgan fingerprint density at radius 1 is 1.17 bits per heavy atom. The molecular formula is C17H23NO5. The van der Waals surface area contributed by atoms with E-state index in [1.165, 1.54) is 0 Å². The number of ether oxygens (including phenoxy) is 2. The fourth-order valence-electron chi connectivity index (χ4n) is 1.91. The van der Waals surface area contributed by atoms with Gasteiger partial charge in [-0.25, -0.2) is 14.5 Å². The molecule has 1 aliphatic rings. The van der Waals surface area contributed by atoms with Crippen molar-refractivity contribution in [3.05, 3.63) is 35.9 Å². The topological polar surface area (TPSA) is 76.1 Å². The summed E-state index contributed by atoms with van der Waals surface area (Å²) in [5.41, 5.74) is -0.931. The van der Waals surface area contributed by atoms with Gasteiger partial charge in [-0.2, -0.15) is 0 Å². The van der Waals surface area contributed by atoms with Crippen molar-refractivity contribution in [2.75, 3.05) is 6.54 Å². The van der Waals surface area contributed by atoms with Crippen LogP contribution < -0.4 is 0 Å². The predicted octanol–water partition coefficient (Wildman–Crippen LogP) is 3.09. The maximum Gasteiger partial charge on any atom is 0.419 e. The monoisotopic (exact) mass is 321 g/mol. The molecule has 0 bridgehead atoms. The number of hydrogen-bond donors (Lipinski definition) is 1. The second-order valence-corrected chi connectivity index (χ2v) is 6.83. The minimum Gasteiger partial charge on any atom is -0.444 e. The van der Waals surface area contributed by atoms with Crippen LogP contribution in [0.15, 0.2) is 30.3 Å². The van der Waals surface area contributed by atoms with Gasteiger partial charge in [0.2, 0.25) is 0 Å². The molecule has 6 heteroatoms. The van der Waals surface area contributed by atoms with Crippen molar-refractivity contribution < 1.29 is 24.2 Å². The van der Waals surface area contributed by atoms with Crippen molar-refractivity contribution in [3.8, 4) is 0 Å². The van der Waals surface area contributed by atoms with E-state index < -0.39 is 23.4 Å². The summed E-state index contributed by atoms with van der Waals surface area (Å²) in [6, 6.07) is 9.17. The number of carbonyl (C=O) groups is 2. The molecule has 1 N–H and O–H groups in total. The van der Waals surface area contributed by atoms with Crippen molar-refractivity contribution >= 4 is 12.2 Å². The summed E-state index contributed by atoms with van der Waals surface area (Å²) in [5, 5.41) is 10.0. The Bertz CT molecular complexity index is 560. The molecular weight excluding hydrogens is 298 g/mol. The molecule has 1 saturated carbocycles. The van der Waals surface area contributed by atoms with Gasteiger partial charge in [0, 0.05) is 0 Å². The van der Waals surface area contributed by atoms with Crippen LogP contribution >= 0.6 is 0 Å². The van der Waals surface area contributed by atoms with Gasteiger partial charge < -0.3 is 14.6 Å². The highest BCUT2D eigenvalue weighted by Gasteiger charge is 2.45. The Morgan fingerprint density at radius 2 is 1.78 bits per heavy atom. The summed E-state index contributed by atoms with van der Waals surface area (Å²) in [5.74, 6) is 0. The van der Waals surface area contributed by atoms with Gasteiger partial charge in [0.1, 0.15) is 12.2 Å². The molecule has 0 radical (unpaired) electrons. The van der Waals surface area contributed by atoms with Gasteiger partial charge in [-0.1, -0.05) is 30.3 Å². The predicted molar refractivity (Wildman–Crippen MR) is 83.8 cm³/mol. The molecule has 0 saturated heterocycles. The minimum atomic E-state index is -1.01. The normalized spacial score (nSPS) is 15.7. The Kier molecular flexibility index (Phi) is 4.94.